The van der Waals surface area contributed by atoms with Gasteiger partial charge < -0.3 is 0 Å². The largest absolute Gasteiger partial charge is 0.274 e. The number of rotatable bonds is 1. The van der Waals surface area contributed by atoms with Crippen molar-refractivity contribution in [2.24, 2.45) is 35.5 Å². The summed E-state index contributed by atoms with van der Waals surface area (Å²) < 4.78 is 0. The first kappa shape index (κ1) is 12.0. The van der Waals surface area contributed by atoms with Gasteiger partial charge in [-0.25, -0.2) is 0 Å². The number of nitrogens with zero attached hydrogens (tertiary/aromatic N) is 1. The van der Waals surface area contributed by atoms with Gasteiger partial charge in [-0.2, -0.15) is 0 Å². The highest BCUT2D eigenvalue weighted by Crippen LogP contribution is 2.65. The molecule has 1 saturated heterocycles. The average Bonchev–Trinajstić information content (AvgIpc) is 3.26. The molecule has 6 rings (SSSR count). The molecule has 0 unspecified atom stereocenters. The van der Waals surface area contributed by atoms with E-state index in [4.69, 9.17) is 0 Å². The predicted octanol–water partition coefficient (Wildman–Crippen LogP) is 2.53. The zero-order chi connectivity index (χ0) is 14.3. The van der Waals surface area contributed by atoms with Gasteiger partial charge in [0, 0.05) is 4.90 Å². The van der Waals surface area contributed by atoms with Gasteiger partial charge >= 0.3 is 0 Å². The molecule has 1 aliphatic heterocycles. The Morgan fingerprint density at radius 2 is 1.43 bits per heavy atom. The van der Waals surface area contributed by atoms with Gasteiger partial charge in [-0.1, -0.05) is 12.2 Å². The molecule has 2 amide bonds. The first-order valence-electron chi connectivity index (χ1n) is 7.52. The van der Waals surface area contributed by atoms with Crippen LogP contribution in [0.25, 0.3) is 0 Å². The molecule has 0 radical (unpaired) electrons. The Balaban J connectivity index is 1.58. The van der Waals surface area contributed by atoms with E-state index in [0.29, 0.717) is 17.5 Å². The number of allylic oxidation sites excluding steroid dienone is 2. The fourth-order valence-corrected chi connectivity index (χ4v) is 4.96. The summed E-state index contributed by atoms with van der Waals surface area (Å²) in [6.45, 7) is 0. The van der Waals surface area contributed by atoms with Crippen LogP contribution < -0.4 is 4.90 Å². The fourth-order valence-electron chi connectivity index (χ4n) is 4.81. The van der Waals surface area contributed by atoms with Crippen LogP contribution in [0.4, 0.5) is 5.69 Å². The molecule has 4 heteroatoms. The van der Waals surface area contributed by atoms with Crippen molar-refractivity contribution in [2.45, 2.75) is 11.3 Å². The molecule has 0 aromatic heterocycles. The molecule has 1 aromatic carbocycles. The molecular formula is C17H15NO2S. The SMILES string of the molecule is O=C1[C@@H]2[C@@H]3C=C[C@@H]([C@H]4C[C@@H]34)[C@@H]2C(=O)N1c1ccc(S)cc1. The van der Waals surface area contributed by atoms with Gasteiger partial charge in [0.25, 0.3) is 0 Å². The van der Waals surface area contributed by atoms with Crippen molar-refractivity contribution in [2.75, 3.05) is 4.90 Å². The molecule has 106 valence electrons. The number of amides is 2. The Morgan fingerprint density at radius 1 is 0.905 bits per heavy atom. The third-order valence-electron chi connectivity index (χ3n) is 5.77. The summed E-state index contributed by atoms with van der Waals surface area (Å²) >= 11 is 4.26. The minimum atomic E-state index is -0.119. The molecule has 21 heavy (non-hydrogen) atoms. The monoisotopic (exact) mass is 297 g/mol. The van der Waals surface area contributed by atoms with Crippen LogP contribution >= 0.6 is 12.6 Å². The lowest BCUT2D eigenvalue weighted by atomic mass is 9.63. The Hall–Kier alpha value is -1.55. The Bertz CT molecular complexity index is 659. The lowest BCUT2D eigenvalue weighted by molar-refractivity contribution is -0.124. The van der Waals surface area contributed by atoms with Crippen molar-refractivity contribution >= 4 is 30.1 Å². The quantitative estimate of drug-likeness (QED) is 0.491. The summed E-state index contributed by atoms with van der Waals surface area (Å²) in [7, 11) is 0. The van der Waals surface area contributed by atoms with Crippen molar-refractivity contribution in [3.05, 3.63) is 36.4 Å². The summed E-state index contributed by atoms with van der Waals surface area (Å²) in [5, 5.41) is 0. The second-order valence-electron chi connectivity index (χ2n) is 6.68. The van der Waals surface area contributed by atoms with Crippen LogP contribution in [-0.2, 0) is 9.59 Å². The zero-order valence-electron chi connectivity index (χ0n) is 11.3. The normalized spacial score (nSPS) is 42.2. The van der Waals surface area contributed by atoms with Gasteiger partial charge in [-0.15, -0.1) is 12.6 Å². The summed E-state index contributed by atoms with van der Waals surface area (Å²) in [5.41, 5.74) is 0.685. The van der Waals surface area contributed by atoms with Crippen LogP contribution in [-0.4, -0.2) is 11.8 Å². The maximum absolute atomic E-state index is 12.8. The molecule has 3 nitrogen and oxygen atoms in total. The molecule has 2 bridgehead atoms. The first-order valence-corrected chi connectivity index (χ1v) is 7.97. The highest BCUT2D eigenvalue weighted by molar-refractivity contribution is 7.80. The summed E-state index contributed by atoms with van der Waals surface area (Å²) in [4.78, 5) is 27.9. The lowest BCUT2D eigenvalue weighted by Crippen LogP contribution is -2.40. The first-order chi connectivity index (χ1) is 10.2. The second-order valence-corrected chi connectivity index (χ2v) is 7.20. The van der Waals surface area contributed by atoms with Gasteiger partial charge in [0.15, 0.2) is 0 Å². The summed E-state index contributed by atoms with van der Waals surface area (Å²) in [5.74, 6) is 1.64. The van der Waals surface area contributed by atoms with E-state index in [0.717, 1.165) is 4.90 Å². The van der Waals surface area contributed by atoms with E-state index in [1.54, 1.807) is 0 Å². The number of carbonyl (C=O) groups excluding carboxylic acids is 2. The minimum Gasteiger partial charge on any atom is -0.274 e. The summed E-state index contributed by atoms with van der Waals surface area (Å²) in [6, 6.07) is 7.27. The zero-order valence-corrected chi connectivity index (χ0v) is 12.2. The van der Waals surface area contributed by atoms with Crippen LogP contribution in [0, 0.1) is 35.5 Å². The van der Waals surface area contributed by atoms with E-state index < -0.39 is 0 Å². The van der Waals surface area contributed by atoms with Crippen molar-refractivity contribution in [3.8, 4) is 0 Å². The molecule has 4 aliphatic carbocycles. The van der Waals surface area contributed by atoms with Crippen LogP contribution in [0.5, 0.6) is 0 Å². The number of carbonyl (C=O) groups is 2. The molecular weight excluding hydrogens is 282 g/mol. The van der Waals surface area contributed by atoms with Crippen molar-refractivity contribution in [1.82, 2.24) is 0 Å². The predicted molar refractivity (Wildman–Crippen MR) is 80.9 cm³/mol. The fraction of sp³-hybridized carbons (Fsp3) is 0.412. The second kappa shape index (κ2) is 3.80. The Kier molecular flexibility index (Phi) is 2.18. The van der Waals surface area contributed by atoms with Crippen LogP contribution in [0.3, 0.4) is 0 Å². The van der Waals surface area contributed by atoms with Crippen molar-refractivity contribution in [1.29, 1.82) is 0 Å². The number of hydrogen-bond acceptors (Lipinski definition) is 3. The molecule has 0 N–H and O–H groups in total. The average molecular weight is 297 g/mol. The molecule has 1 aromatic rings. The number of imide groups is 1. The van der Waals surface area contributed by atoms with E-state index in [1.165, 1.54) is 11.3 Å². The van der Waals surface area contributed by atoms with Crippen molar-refractivity contribution < 1.29 is 9.59 Å². The smallest absolute Gasteiger partial charge is 0.238 e. The van der Waals surface area contributed by atoms with E-state index in [-0.39, 0.29) is 35.5 Å². The van der Waals surface area contributed by atoms with Gasteiger partial charge in [-0.05, 0) is 54.4 Å². The third kappa shape index (κ3) is 1.41. The summed E-state index contributed by atoms with van der Waals surface area (Å²) in [6.07, 6.45) is 5.60. The van der Waals surface area contributed by atoms with E-state index in [1.807, 2.05) is 24.3 Å². The number of anilines is 1. The van der Waals surface area contributed by atoms with E-state index >= 15 is 0 Å². The van der Waals surface area contributed by atoms with Gasteiger partial charge in [0.2, 0.25) is 11.8 Å². The van der Waals surface area contributed by atoms with E-state index in [2.05, 4.69) is 24.8 Å². The van der Waals surface area contributed by atoms with Gasteiger partial charge in [0.1, 0.15) is 0 Å². The van der Waals surface area contributed by atoms with E-state index in [9.17, 15) is 9.59 Å². The molecule has 3 fully saturated rings. The van der Waals surface area contributed by atoms with Gasteiger partial charge in [-0.3, -0.25) is 14.5 Å². The maximum Gasteiger partial charge on any atom is 0.238 e. The standard InChI is InChI=1S/C17H15NO2S/c19-16-14-10-5-6-11(13-7-12(10)13)15(14)17(20)18(16)8-1-3-9(21)4-2-8/h1-6,10-15,21H,7H2/t10-,11+,12+,13-,14-,15+. The van der Waals surface area contributed by atoms with Crippen LogP contribution in [0.15, 0.2) is 41.3 Å². The molecule has 2 saturated carbocycles. The lowest BCUT2D eigenvalue weighted by Gasteiger charge is -2.37. The van der Waals surface area contributed by atoms with Crippen LogP contribution in [0.1, 0.15) is 6.42 Å². The molecule has 5 aliphatic rings. The Morgan fingerprint density at radius 3 is 1.95 bits per heavy atom. The minimum absolute atomic E-state index is 0.00149. The molecule has 0 spiro atoms. The number of benzene rings is 1. The maximum atomic E-state index is 12.8. The van der Waals surface area contributed by atoms with Crippen LogP contribution in [0.2, 0.25) is 0 Å². The topological polar surface area (TPSA) is 37.4 Å². The molecule has 1 heterocycles. The highest BCUT2D eigenvalue weighted by atomic mass is 32.1. The number of hydrogen-bond donors (Lipinski definition) is 1. The number of thiol groups is 1. The third-order valence-corrected chi connectivity index (χ3v) is 6.07. The Labute approximate surface area is 128 Å². The molecule has 6 atom stereocenters. The highest BCUT2D eigenvalue weighted by Gasteiger charge is 2.67. The van der Waals surface area contributed by atoms with Crippen molar-refractivity contribution in [3.63, 3.8) is 0 Å². The van der Waals surface area contributed by atoms with Gasteiger partial charge in [0.05, 0.1) is 17.5 Å².